The molecule has 112 valence electrons. The van der Waals surface area contributed by atoms with Crippen LogP contribution in [0.1, 0.15) is 30.8 Å². The number of nitrogens with one attached hydrogen (secondary N) is 1. The molecular weight excluding hydrogens is 328 g/mol. The molecule has 0 aliphatic heterocycles. The molecule has 0 aromatic carbocycles. The Morgan fingerprint density at radius 2 is 1.76 bits per heavy atom. The minimum atomic E-state index is 0.726. The smallest absolute Gasteiger partial charge is 0.178 e. The average Bonchev–Trinajstić information content (AvgIpc) is 2.52. The molecule has 0 unspecified atom stereocenters. The van der Waals surface area contributed by atoms with E-state index < -0.39 is 0 Å². The number of hydrogen-bond donors (Lipinski definition) is 1. The predicted molar refractivity (Wildman–Crippen MR) is 89.3 cm³/mol. The molecule has 2 rings (SSSR count). The molecule has 0 saturated heterocycles. The second-order valence-corrected chi connectivity index (χ2v) is 5.76. The van der Waals surface area contributed by atoms with Crippen molar-refractivity contribution in [1.29, 1.82) is 0 Å². The number of rotatable bonds is 6. The zero-order chi connectivity index (χ0) is 15.2. The van der Waals surface area contributed by atoms with Crippen LogP contribution in [0, 0.1) is 0 Å². The van der Waals surface area contributed by atoms with E-state index in [1.165, 1.54) is 5.56 Å². The van der Waals surface area contributed by atoms with E-state index in [1.807, 2.05) is 19.2 Å². The molecule has 0 radical (unpaired) electrons. The highest BCUT2D eigenvalue weighted by Crippen LogP contribution is 2.20. The maximum atomic E-state index is 4.74. The molecule has 0 fully saturated rings. The van der Waals surface area contributed by atoms with Gasteiger partial charge in [-0.3, -0.25) is 4.98 Å². The van der Waals surface area contributed by atoms with Crippen LogP contribution in [-0.4, -0.2) is 28.5 Å². The molecule has 5 heteroatoms. The third kappa shape index (κ3) is 3.86. The van der Waals surface area contributed by atoms with Gasteiger partial charge in [0.25, 0.3) is 0 Å². The van der Waals surface area contributed by atoms with Gasteiger partial charge in [0.05, 0.1) is 0 Å². The van der Waals surface area contributed by atoms with E-state index in [0.29, 0.717) is 0 Å². The molecule has 0 saturated carbocycles. The molecule has 2 aromatic heterocycles. The quantitative estimate of drug-likeness (QED) is 0.870. The van der Waals surface area contributed by atoms with Gasteiger partial charge in [-0.25, -0.2) is 9.97 Å². The lowest BCUT2D eigenvalue weighted by Crippen LogP contribution is -2.15. The Labute approximate surface area is 134 Å². The highest BCUT2D eigenvalue weighted by atomic mass is 79.9. The van der Waals surface area contributed by atoms with Crippen LogP contribution in [0.2, 0.25) is 0 Å². The Morgan fingerprint density at radius 1 is 1.10 bits per heavy atom. The lowest BCUT2D eigenvalue weighted by molar-refractivity contribution is 0.760. The first-order valence-corrected chi connectivity index (χ1v) is 8.14. The number of aryl methyl sites for hydroxylation is 2. The molecule has 2 heterocycles. The molecule has 0 amide bonds. The molecule has 21 heavy (non-hydrogen) atoms. The lowest BCUT2D eigenvalue weighted by atomic mass is 10.0. The van der Waals surface area contributed by atoms with Crippen molar-refractivity contribution in [2.24, 2.45) is 0 Å². The fraction of sp³-hybridized carbons (Fsp3) is 0.438. The van der Waals surface area contributed by atoms with Gasteiger partial charge in [0.15, 0.2) is 5.82 Å². The molecule has 2 aromatic rings. The summed E-state index contributed by atoms with van der Waals surface area (Å²) in [4.78, 5) is 13.9. The van der Waals surface area contributed by atoms with Gasteiger partial charge in [-0.15, -0.1) is 0 Å². The van der Waals surface area contributed by atoms with Crippen molar-refractivity contribution >= 4 is 15.9 Å². The topological polar surface area (TPSA) is 50.7 Å². The van der Waals surface area contributed by atoms with Crippen molar-refractivity contribution in [3.05, 3.63) is 39.8 Å². The third-order valence-electron chi connectivity index (χ3n) is 3.43. The van der Waals surface area contributed by atoms with Crippen LogP contribution in [0.3, 0.4) is 0 Å². The first-order valence-electron chi connectivity index (χ1n) is 7.34. The van der Waals surface area contributed by atoms with E-state index in [2.05, 4.69) is 40.1 Å². The maximum Gasteiger partial charge on any atom is 0.178 e. The minimum Gasteiger partial charge on any atom is -0.319 e. The Balaban J connectivity index is 2.46. The number of hydrogen-bond acceptors (Lipinski definition) is 4. The van der Waals surface area contributed by atoms with Crippen LogP contribution in [0.5, 0.6) is 0 Å². The number of likely N-dealkylation sites (N-methyl/N-ethyl adjacent to an activating group) is 1. The Bertz CT molecular complexity index is 571. The van der Waals surface area contributed by atoms with Crippen molar-refractivity contribution in [2.45, 2.75) is 33.1 Å². The fourth-order valence-corrected chi connectivity index (χ4v) is 2.56. The van der Waals surface area contributed by atoms with Crippen LogP contribution in [0.4, 0.5) is 0 Å². The van der Waals surface area contributed by atoms with Crippen molar-refractivity contribution in [1.82, 2.24) is 20.3 Å². The molecule has 0 aliphatic rings. The largest absolute Gasteiger partial charge is 0.319 e. The van der Waals surface area contributed by atoms with Crippen LogP contribution >= 0.6 is 15.9 Å². The summed E-state index contributed by atoms with van der Waals surface area (Å²) in [6, 6.07) is 3.92. The van der Waals surface area contributed by atoms with E-state index >= 15 is 0 Å². The van der Waals surface area contributed by atoms with Gasteiger partial charge in [-0.05, 0) is 66.5 Å². The zero-order valence-electron chi connectivity index (χ0n) is 12.8. The Hall–Kier alpha value is -1.33. The van der Waals surface area contributed by atoms with Crippen LogP contribution < -0.4 is 5.32 Å². The van der Waals surface area contributed by atoms with Crippen molar-refractivity contribution < 1.29 is 0 Å². The summed E-state index contributed by atoms with van der Waals surface area (Å²) in [5.41, 5.74) is 4.38. The summed E-state index contributed by atoms with van der Waals surface area (Å²) in [6.45, 7) is 5.23. The summed E-state index contributed by atoms with van der Waals surface area (Å²) in [7, 11) is 1.97. The monoisotopic (exact) mass is 348 g/mol. The molecule has 1 N–H and O–H groups in total. The number of halogens is 1. The molecular formula is C16H21BrN4. The molecule has 0 bridgehead atoms. The van der Waals surface area contributed by atoms with E-state index in [4.69, 9.17) is 9.97 Å². The van der Waals surface area contributed by atoms with Gasteiger partial charge in [0, 0.05) is 22.1 Å². The SMILES string of the molecule is CCc1nc(-c2ccc(Br)cn2)nc(CC)c1CCNC. The van der Waals surface area contributed by atoms with Crippen molar-refractivity contribution in [3.63, 3.8) is 0 Å². The van der Waals surface area contributed by atoms with E-state index in [1.54, 1.807) is 6.20 Å². The van der Waals surface area contributed by atoms with E-state index in [0.717, 1.165) is 53.2 Å². The van der Waals surface area contributed by atoms with Crippen molar-refractivity contribution in [3.8, 4) is 11.5 Å². The Morgan fingerprint density at radius 3 is 2.24 bits per heavy atom. The lowest BCUT2D eigenvalue weighted by Gasteiger charge is -2.13. The predicted octanol–water partition coefficient (Wildman–Crippen LogP) is 3.19. The molecule has 4 nitrogen and oxygen atoms in total. The van der Waals surface area contributed by atoms with Gasteiger partial charge in [0.1, 0.15) is 5.69 Å². The van der Waals surface area contributed by atoms with Crippen LogP contribution in [0.25, 0.3) is 11.5 Å². The zero-order valence-corrected chi connectivity index (χ0v) is 14.4. The number of nitrogens with zero attached hydrogens (tertiary/aromatic N) is 3. The van der Waals surface area contributed by atoms with Gasteiger partial charge < -0.3 is 5.32 Å². The van der Waals surface area contributed by atoms with Crippen LogP contribution in [-0.2, 0) is 19.3 Å². The standard InChI is InChI=1S/C16H21BrN4/c1-4-13-12(8-9-18-3)14(5-2)21-16(20-13)15-7-6-11(17)10-19-15/h6-7,10,18H,4-5,8-9H2,1-3H3. The molecule has 0 atom stereocenters. The van der Waals surface area contributed by atoms with Crippen molar-refractivity contribution in [2.75, 3.05) is 13.6 Å². The molecule has 0 aliphatic carbocycles. The normalized spacial score (nSPS) is 10.9. The second-order valence-electron chi connectivity index (χ2n) is 4.84. The highest BCUT2D eigenvalue weighted by Gasteiger charge is 2.13. The van der Waals surface area contributed by atoms with E-state index in [-0.39, 0.29) is 0 Å². The Kier molecular flexibility index (Phi) is 5.82. The third-order valence-corrected chi connectivity index (χ3v) is 3.90. The molecule has 0 spiro atoms. The summed E-state index contributed by atoms with van der Waals surface area (Å²) in [6.07, 6.45) is 4.58. The summed E-state index contributed by atoms with van der Waals surface area (Å²) >= 11 is 3.40. The van der Waals surface area contributed by atoms with Gasteiger partial charge >= 0.3 is 0 Å². The number of pyridine rings is 1. The second kappa shape index (κ2) is 7.61. The van der Waals surface area contributed by atoms with Gasteiger partial charge in [0.2, 0.25) is 0 Å². The van der Waals surface area contributed by atoms with Crippen LogP contribution in [0.15, 0.2) is 22.8 Å². The number of aromatic nitrogens is 3. The average molecular weight is 349 g/mol. The minimum absolute atomic E-state index is 0.726. The fourth-order valence-electron chi connectivity index (χ4n) is 2.33. The summed E-state index contributed by atoms with van der Waals surface area (Å²) in [5.74, 6) is 0.726. The summed E-state index contributed by atoms with van der Waals surface area (Å²) in [5, 5.41) is 3.20. The summed E-state index contributed by atoms with van der Waals surface area (Å²) < 4.78 is 0.961. The van der Waals surface area contributed by atoms with Gasteiger partial charge in [-0.2, -0.15) is 0 Å². The first-order chi connectivity index (χ1) is 10.2. The highest BCUT2D eigenvalue weighted by molar-refractivity contribution is 9.10. The first kappa shape index (κ1) is 16.0. The van der Waals surface area contributed by atoms with Gasteiger partial charge in [-0.1, -0.05) is 13.8 Å². The van der Waals surface area contributed by atoms with E-state index in [9.17, 15) is 0 Å². The maximum absolute atomic E-state index is 4.74.